The first-order valence-electron chi connectivity index (χ1n) is 6.46. The molecule has 4 nitrogen and oxygen atoms in total. The molecular formula is C14H21FN2O2. The van der Waals surface area contributed by atoms with Crippen molar-refractivity contribution in [1.82, 2.24) is 5.32 Å². The number of carbonyl (C=O) groups excluding carboxylic acids is 1. The quantitative estimate of drug-likeness (QED) is 0.692. The molecule has 2 unspecified atom stereocenters. The van der Waals surface area contributed by atoms with E-state index in [1.165, 1.54) is 18.2 Å². The number of benzene rings is 1. The van der Waals surface area contributed by atoms with Gasteiger partial charge in [0.15, 0.2) is 0 Å². The zero-order valence-corrected chi connectivity index (χ0v) is 11.3. The lowest BCUT2D eigenvalue weighted by Gasteiger charge is -2.14. The van der Waals surface area contributed by atoms with Crippen LogP contribution < -0.4 is 11.1 Å². The molecule has 0 bridgehead atoms. The van der Waals surface area contributed by atoms with E-state index in [9.17, 15) is 14.3 Å². The maximum absolute atomic E-state index is 13.0. The number of nitrogens with two attached hydrogens (primary N) is 1. The Morgan fingerprint density at radius 3 is 2.79 bits per heavy atom. The van der Waals surface area contributed by atoms with Gasteiger partial charge in [0, 0.05) is 12.5 Å². The summed E-state index contributed by atoms with van der Waals surface area (Å²) in [6, 6.07) is 4.22. The van der Waals surface area contributed by atoms with Crippen molar-refractivity contribution in [2.24, 2.45) is 0 Å². The summed E-state index contributed by atoms with van der Waals surface area (Å²) in [7, 11) is 0. The maximum atomic E-state index is 13.0. The fraction of sp³-hybridized carbons (Fsp3) is 0.500. The van der Waals surface area contributed by atoms with Crippen LogP contribution in [0.4, 0.5) is 10.1 Å². The first kappa shape index (κ1) is 15.4. The summed E-state index contributed by atoms with van der Waals surface area (Å²) in [6.07, 6.45) is 0.560. The lowest BCUT2D eigenvalue weighted by atomic mass is 10.0. The molecule has 0 spiro atoms. The molecule has 0 aromatic heterocycles. The minimum atomic E-state index is -0.814. The molecule has 0 aliphatic rings. The summed E-state index contributed by atoms with van der Waals surface area (Å²) in [5.74, 6) is -0.603. The van der Waals surface area contributed by atoms with E-state index in [1.807, 2.05) is 13.8 Å². The fourth-order valence-electron chi connectivity index (χ4n) is 1.65. The summed E-state index contributed by atoms with van der Waals surface area (Å²) in [6.45, 7) is 3.91. The van der Waals surface area contributed by atoms with Gasteiger partial charge in [-0.3, -0.25) is 4.79 Å². The zero-order chi connectivity index (χ0) is 14.4. The molecular weight excluding hydrogens is 247 g/mol. The summed E-state index contributed by atoms with van der Waals surface area (Å²) < 4.78 is 13.0. The number of nitrogens with one attached hydrogen (secondary N) is 1. The number of rotatable bonds is 6. The predicted molar refractivity (Wildman–Crippen MR) is 72.9 cm³/mol. The lowest BCUT2D eigenvalue weighted by molar-refractivity contribution is -0.122. The van der Waals surface area contributed by atoms with Crippen molar-refractivity contribution in [1.29, 1.82) is 0 Å². The van der Waals surface area contributed by atoms with Gasteiger partial charge in [-0.05, 0) is 37.5 Å². The summed E-state index contributed by atoms with van der Waals surface area (Å²) in [5.41, 5.74) is 5.96. The third kappa shape index (κ3) is 4.87. The minimum absolute atomic E-state index is 0.000562. The zero-order valence-electron chi connectivity index (χ0n) is 11.3. The Morgan fingerprint density at radius 1 is 1.53 bits per heavy atom. The molecule has 2 atom stereocenters. The molecule has 19 heavy (non-hydrogen) atoms. The highest BCUT2D eigenvalue weighted by molar-refractivity contribution is 5.76. The Bertz CT molecular complexity index is 437. The van der Waals surface area contributed by atoms with Crippen LogP contribution in [0.3, 0.4) is 0 Å². The summed E-state index contributed by atoms with van der Waals surface area (Å²) in [5, 5.41) is 12.7. The van der Waals surface area contributed by atoms with E-state index in [4.69, 9.17) is 5.73 Å². The van der Waals surface area contributed by atoms with Gasteiger partial charge < -0.3 is 16.2 Å². The van der Waals surface area contributed by atoms with E-state index in [0.717, 1.165) is 6.42 Å². The van der Waals surface area contributed by atoms with Crippen LogP contribution in [0, 0.1) is 5.82 Å². The van der Waals surface area contributed by atoms with Crippen molar-refractivity contribution in [3.05, 3.63) is 29.6 Å². The second-order valence-electron chi connectivity index (χ2n) is 4.71. The van der Waals surface area contributed by atoms with Crippen molar-refractivity contribution in [2.45, 2.75) is 45.3 Å². The van der Waals surface area contributed by atoms with Gasteiger partial charge >= 0.3 is 0 Å². The number of hydrogen-bond donors (Lipinski definition) is 3. The van der Waals surface area contributed by atoms with E-state index in [0.29, 0.717) is 5.56 Å². The van der Waals surface area contributed by atoms with Gasteiger partial charge in [-0.2, -0.15) is 0 Å². The van der Waals surface area contributed by atoms with Crippen molar-refractivity contribution in [3.63, 3.8) is 0 Å². The average Bonchev–Trinajstić information content (AvgIpc) is 2.39. The first-order chi connectivity index (χ1) is 8.93. The number of halogens is 1. The van der Waals surface area contributed by atoms with Gasteiger partial charge in [0.1, 0.15) is 5.82 Å². The van der Waals surface area contributed by atoms with Crippen LogP contribution in [0.2, 0.25) is 0 Å². The van der Waals surface area contributed by atoms with Gasteiger partial charge in [-0.15, -0.1) is 0 Å². The van der Waals surface area contributed by atoms with E-state index < -0.39 is 11.9 Å². The standard InChI is InChI=1S/C14H21FN2O2/c1-3-9(2)17-14(19)7-6-13(18)10-4-5-11(15)12(16)8-10/h4-5,8-9,13,18H,3,6-7,16H2,1-2H3,(H,17,19). The van der Waals surface area contributed by atoms with Crippen LogP contribution in [0.5, 0.6) is 0 Å². The molecule has 0 aliphatic heterocycles. The van der Waals surface area contributed by atoms with Crippen molar-refractivity contribution < 1.29 is 14.3 Å². The Labute approximate surface area is 112 Å². The summed E-state index contributed by atoms with van der Waals surface area (Å²) in [4.78, 5) is 11.6. The van der Waals surface area contributed by atoms with Gasteiger partial charge in [-0.25, -0.2) is 4.39 Å². The molecule has 0 saturated carbocycles. The molecule has 5 heteroatoms. The Balaban J connectivity index is 2.48. The van der Waals surface area contributed by atoms with Crippen LogP contribution in [0.1, 0.15) is 44.8 Å². The number of amides is 1. The highest BCUT2D eigenvalue weighted by Gasteiger charge is 2.13. The molecule has 0 saturated heterocycles. The topological polar surface area (TPSA) is 75.3 Å². The third-order valence-electron chi connectivity index (χ3n) is 3.07. The Morgan fingerprint density at radius 2 is 2.21 bits per heavy atom. The highest BCUT2D eigenvalue weighted by Crippen LogP contribution is 2.22. The monoisotopic (exact) mass is 268 g/mol. The van der Waals surface area contributed by atoms with E-state index in [2.05, 4.69) is 5.32 Å². The van der Waals surface area contributed by atoms with Crippen molar-refractivity contribution in [3.8, 4) is 0 Å². The smallest absolute Gasteiger partial charge is 0.220 e. The van der Waals surface area contributed by atoms with Gasteiger partial charge in [0.2, 0.25) is 5.91 Å². The number of nitrogen functional groups attached to an aromatic ring is 1. The molecule has 1 aromatic carbocycles. The van der Waals surface area contributed by atoms with Gasteiger partial charge in [0.25, 0.3) is 0 Å². The molecule has 0 aliphatic carbocycles. The first-order valence-corrected chi connectivity index (χ1v) is 6.46. The van der Waals surface area contributed by atoms with E-state index >= 15 is 0 Å². The molecule has 0 radical (unpaired) electrons. The van der Waals surface area contributed by atoms with E-state index in [-0.39, 0.29) is 30.5 Å². The lowest BCUT2D eigenvalue weighted by Crippen LogP contribution is -2.31. The van der Waals surface area contributed by atoms with Crippen LogP contribution in [0.25, 0.3) is 0 Å². The number of hydrogen-bond acceptors (Lipinski definition) is 3. The van der Waals surface area contributed by atoms with Crippen LogP contribution in [0.15, 0.2) is 18.2 Å². The molecule has 4 N–H and O–H groups in total. The number of carbonyl (C=O) groups is 1. The number of aliphatic hydroxyl groups excluding tert-OH is 1. The molecule has 0 fully saturated rings. The highest BCUT2D eigenvalue weighted by atomic mass is 19.1. The average molecular weight is 268 g/mol. The van der Waals surface area contributed by atoms with Crippen molar-refractivity contribution >= 4 is 11.6 Å². The number of anilines is 1. The largest absolute Gasteiger partial charge is 0.396 e. The maximum Gasteiger partial charge on any atom is 0.220 e. The van der Waals surface area contributed by atoms with Gasteiger partial charge in [-0.1, -0.05) is 13.0 Å². The fourth-order valence-corrected chi connectivity index (χ4v) is 1.65. The van der Waals surface area contributed by atoms with Crippen molar-refractivity contribution in [2.75, 3.05) is 5.73 Å². The SMILES string of the molecule is CCC(C)NC(=O)CCC(O)c1ccc(F)c(N)c1. The molecule has 1 amide bonds. The van der Waals surface area contributed by atoms with Crippen LogP contribution in [-0.4, -0.2) is 17.1 Å². The predicted octanol–water partition coefficient (Wildman–Crippen LogP) is 2.14. The van der Waals surface area contributed by atoms with E-state index in [1.54, 1.807) is 0 Å². The van der Waals surface area contributed by atoms with Crippen LogP contribution >= 0.6 is 0 Å². The number of aliphatic hydroxyl groups is 1. The second kappa shape index (κ2) is 7.09. The molecule has 0 heterocycles. The normalized spacial score (nSPS) is 13.9. The second-order valence-corrected chi connectivity index (χ2v) is 4.71. The van der Waals surface area contributed by atoms with Crippen LogP contribution in [-0.2, 0) is 4.79 Å². The Hall–Kier alpha value is -1.62. The summed E-state index contributed by atoms with van der Waals surface area (Å²) >= 11 is 0. The molecule has 1 aromatic rings. The van der Waals surface area contributed by atoms with Gasteiger partial charge in [0.05, 0.1) is 11.8 Å². The molecule has 106 valence electrons. The third-order valence-corrected chi connectivity index (χ3v) is 3.07. The Kier molecular flexibility index (Phi) is 5.76. The minimum Gasteiger partial charge on any atom is -0.396 e. The molecule has 1 rings (SSSR count).